The standard InChI is InChI=1S/C37H80N2.2BrH/c1-7-9-11-13-15-17-19-21-23-25-27-30-34-38(3,4)36-32-29-33-37-39(5,6)35-31-28-26-24-22-20-18-16-14-12-10-8-2;;/h7-37H2,1-6H3;2*1H/q+2;;/p-2. The lowest BCUT2D eigenvalue weighted by molar-refractivity contribution is -0.892. The Kier molecular flexibility index (Phi) is 38.1. The van der Waals surface area contributed by atoms with Crippen molar-refractivity contribution in [3.63, 3.8) is 0 Å². The average Bonchev–Trinajstić information content (AvgIpc) is 2.89. The van der Waals surface area contributed by atoms with E-state index in [0.717, 1.165) is 0 Å². The molecule has 2 nitrogen and oxygen atoms in total. The van der Waals surface area contributed by atoms with Crippen molar-refractivity contribution in [2.24, 2.45) is 0 Å². The molecular formula is C37H80Br2N2. The van der Waals surface area contributed by atoms with Gasteiger partial charge >= 0.3 is 0 Å². The van der Waals surface area contributed by atoms with Gasteiger partial charge in [0.1, 0.15) is 0 Å². The molecule has 0 heterocycles. The third-order valence-corrected chi connectivity index (χ3v) is 9.26. The maximum Gasteiger partial charge on any atom is 0.0782 e. The SMILES string of the molecule is CCCCCCCCCCCCCC[N+](C)(C)CCCCC[N+](C)(C)CCCCCCCCCCCCCC.[Br-].[Br-]. The fourth-order valence-corrected chi connectivity index (χ4v) is 6.24. The van der Waals surface area contributed by atoms with Gasteiger partial charge in [0, 0.05) is 0 Å². The topological polar surface area (TPSA) is 0 Å². The summed E-state index contributed by atoms with van der Waals surface area (Å²) in [7, 11) is 9.86. The van der Waals surface area contributed by atoms with Gasteiger partial charge in [-0.1, -0.05) is 142 Å². The summed E-state index contributed by atoms with van der Waals surface area (Å²) in [5.41, 5.74) is 0. The van der Waals surface area contributed by atoms with E-state index in [1.807, 2.05) is 0 Å². The third kappa shape index (κ3) is 37.0. The van der Waals surface area contributed by atoms with Crippen LogP contribution in [0.2, 0.25) is 0 Å². The van der Waals surface area contributed by atoms with Gasteiger partial charge in [-0.15, -0.1) is 0 Å². The molecule has 0 aliphatic carbocycles. The van der Waals surface area contributed by atoms with Crippen molar-refractivity contribution in [3.8, 4) is 0 Å². The van der Waals surface area contributed by atoms with Crippen molar-refractivity contribution < 1.29 is 42.9 Å². The number of rotatable bonds is 32. The van der Waals surface area contributed by atoms with E-state index in [9.17, 15) is 0 Å². The zero-order chi connectivity index (χ0) is 28.9. The monoisotopic (exact) mass is 710 g/mol. The van der Waals surface area contributed by atoms with Gasteiger partial charge in [-0.3, -0.25) is 0 Å². The third-order valence-electron chi connectivity index (χ3n) is 9.26. The first-order valence-corrected chi connectivity index (χ1v) is 18.5. The quantitative estimate of drug-likeness (QED) is 0.0619. The van der Waals surface area contributed by atoms with Gasteiger partial charge in [0.2, 0.25) is 0 Å². The molecule has 0 aromatic carbocycles. The number of halogens is 2. The van der Waals surface area contributed by atoms with Crippen LogP contribution in [0.1, 0.15) is 187 Å². The van der Waals surface area contributed by atoms with E-state index in [2.05, 4.69) is 42.0 Å². The first-order chi connectivity index (χ1) is 18.8. The minimum absolute atomic E-state index is 0. The van der Waals surface area contributed by atoms with Gasteiger partial charge in [-0.25, -0.2) is 0 Å². The van der Waals surface area contributed by atoms with E-state index >= 15 is 0 Å². The van der Waals surface area contributed by atoms with Crippen LogP contribution >= 0.6 is 0 Å². The van der Waals surface area contributed by atoms with E-state index in [0.29, 0.717) is 0 Å². The van der Waals surface area contributed by atoms with Crippen LogP contribution in [0.15, 0.2) is 0 Å². The van der Waals surface area contributed by atoms with Crippen LogP contribution < -0.4 is 34.0 Å². The minimum Gasteiger partial charge on any atom is -1.00 e. The molecule has 0 fully saturated rings. The van der Waals surface area contributed by atoms with Crippen molar-refractivity contribution in [2.45, 2.75) is 187 Å². The summed E-state index contributed by atoms with van der Waals surface area (Å²) >= 11 is 0. The van der Waals surface area contributed by atoms with Crippen LogP contribution in [0.5, 0.6) is 0 Å². The van der Waals surface area contributed by atoms with Crippen LogP contribution in [0.25, 0.3) is 0 Å². The fraction of sp³-hybridized carbons (Fsp3) is 1.00. The molecule has 0 saturated carbocycles. The molecule has 41 heavy (non-hydrogen) atoms. The number of nitrogens with zero attached hydrogens (tertiary/aromatic N) is 2. The zero-order valence-electron chi connectivity index (χ0n) is 29.6. The molecule has 0 N–H and O–H groups in total. The Balaban J connectivity index is -0.00000722. The second-order valence-electron chi connectivity index (χ2n) is 14.6. The van der Waals surface area contributed by atoms with Gasteiger partial charge in [-0.2, -0.15) is 0 Å². The predicted octanol–water partition coefficient (Wildman–Crippen LogP) is 5.72. The number of hydrogen-bond donors (Lipinski definition) is 0. The molecule has 0 aliphatic rings. The average molecular weight is 713 g/mol. The van der Waals surface area contributed by atoms with Gasteiger partial charge in [0.15, 0.2) is 0 Å². The van der Waals surface area contributed by atoms with Crippen LogP contribution in [0.3, 0.4) is 0 Å². The second kappa shape index (κ2) is 33.8. The molecule has 0 atom stereocenters. The number of quaternary nitrogens is 2. The lowest BCUT2D eigenvalue weighted by atomic mass is 10.0. The molecular weight excluding hydrogens is 632 g/mol. The minimum atomic E-state index is 0. The molecule has 0 aliphatic heterocycles. The fourth-order valence-electron chi connectivity index (χ4n) is 6.24. The molecule has 0 radical (unpaired) electrons. The molecule has 0 unspecified atom stereocenters. The lowest BCUT2D eigenvalue weighted by Crippen LogP contribution is -3.00. The van der Waals surface area contributed by atoms with Crippen molar-refractivity contribution >= 4 is 0 Å². The molecule has 4 heteroatoms. The Morgan fingerprint density at radius 3 is 0.585 bits per heavy atom. The Morgan fingerprint density at radius 1 is 0.244 bits per heavy atom. The summed E-state index contributed by atoms with van der Waals surface area (Å²) in [6.07, 6.45) is 39.1. The van der Waals surface area contributed by atoms with E-state index in [-0.39, 0.29) is 34.0 Å². The molecule has 0 saturated heterocycles. The van der Waals surface area contributed by atoms with Crippen molar-refractivity contribution in [3.05, 3.63) is 0 Å². The predicted molar refractivity (Wildman–Crippen MR) is 180 cm³/mol. The summed E-state index contributed by atoms with van der Waals surface area (Å²) in [5, 5.41) is 0. The van der Waals surface area contributed by atoms with Crippen molar-refractivity contribution in [2.75, 3.05) is 54.4 Å². The molecule has 0 bridgehead atoms. The first-order valence-electron chi connectivity index (χ1n) is 18.5. The van der Waals surface area contributed by atoms with Crippen molar-refractivity contribution in [1.82, 2.24) is 0 Å². The van der Waals surface area contributed by atoms with E-state index in [1.165, 1.54) is 209 Å². The van der Waals surface area contributed by atoms with Crippen LogP contribution in [0, 0.1) is 0 Å². The molecule has 0 aromatic rings. The Bertz CT molecular complexity index is 440. The lowest BCUT2D eigenvalue weighted by Gasteiger charge is -2.31. The number of hydrogen-bond acceptors (Lipinski definition) is 0. The van der Waals surface area contributed by atoms with E-state index < -0.39 is 0 Å². The van der Waals surface area contributed by atoms with Crippen molar-refractivity contribution in [1.29, 1.82) is 0 Å². The van der Waals surface area contributed by atoms with Crippen LogP contribution in [-0.2, 0) is 0 Å². The summed E-state index contributed by atoms with van der Waals surface area (Å²) < 4.78 is 2.46. The first kappa shape index (κ1) is 46.3. The highest BCUT2D eigenvalue weighted by atomic mass is 79.9. The Labute approximate surface area is 283 Å². The zero-order valence-corrected chi connectivity index (χ0v) is 32.7. The highest BCUT2D eigenvalue weighted by Crippen LogP contribution is 2.15. The van der Waals surface area contributed by atoms with Crippen LogP contribution in [-0.4, -0.2) is 63.3 Å². The summed E-state index contributed by atoms with van der Waals surface area (Å²) in [6.45, 7) is 10.1. The Hall–Kier alpha value is 0.880. The summed E-state index contributed by atoms with van der Waals surface area (Å²) in [4.78, 5) is 0. The van der Waals surface area contributed by atoms with Gasteiger partial charge in [0.05, 0.1) is 54.4 Å². The van der Waals surface area contributed by atoms with E-state index in [4.69, 9.17) is 0 Å². The molecule has 0 aromatic heterocycles. The smallest absolute Gasteiger partial charge is 0.0782 e. The summed E-state index contributed by atoms with van der Waals surface area (Å²) in [6, 6.07) is 0. The van der Waals surface area contributed by atoms with E-state index in [1.54, 1.807) is 0 Å². The maximum atomic E-state index is 2.46. The van der Waals surface area contributed by atoms with Gasteiger partial charge in [0.25, 0.3) is 0 Å². The maximum absolute atomic E-state index is 2.46. The largest absolute Gasteiger partial charge is 1.00 e. The normalized spacial score (nSPS) is 11.9. The second-order valence-corrected chi connectivity index (χ2v) is 14.6. The summed E-state index contributed by atoms with van der Waals surface area (Å²) in [5.74, 6) is 0. The Morgan fingerprint density at radius 2 is 0.390 bits per heavy atom. The van der Waals surface area contributed by atoms with Gasteiger partial charge < -0.3 is 42.9 Å². The molecule has 0 amide bonds. The van der Waals surface area contributed by atoms with Gasteiger partial charge in [-0.05, 0) is 44.9 Å². The number of unbranched alkanes of at least 4 members (excludes halogenated alkanes) is 24. The highest BCUT2D eigenvalue weighted by molar-refractivity contribution is 4.51. The van der Waals surface area contributed by atoms with Crippen LogP contribution in [0.4, 0.5) is 0 Å². The molecule has 0 rings (SSSR count). The highest BCUT2D eigenvalue weighted by Gasteiger charge is 2.16. The molecule has 0 spiro atoms. The molecule has 252 valence electrons.